The van der Waals surface area contributed by atoms with E-state index in [0.717, 1.165) is 60.2 Å². The van der Waals surface area contributed by atoms with Crippen molar-refractivity contribution in [3.05, 3.63) is 35.6 Å². The number of nitrogens with two attached hydrogens (primary N) is 1. The minimum Gasteiger partial charge on any atom is -0.402 e. The van der Waals surface area contributed by atoms with Gasteiger partial charge in [-0.25, -0.2) is 9.97 Å². The van der Waals surface area contributed by atoms with Gasteiger partial charge in [-0.15, -0.1) is 0 Å². The monoisotopic (exact) mass is 344 g/mol. The molecule has 0 unspecified atom stereocenters. The molecule has 3 N–H and O–H groups in total. The molecule has 3 bridgehead atoms. The SMILES string of the molecule is N#CCC12CCC3(CC1)CC2=C(N)Cc1nc2cnc4[nH]ccc4c2n13. The van der Waals surface area contributed by atoms with Crippen LogP contribution in [-0.2, 0) is 12.0 Å². The maximum atomic E-state index is 9.41. The maximum absolute atomic E-state index is 9.41. The van der Waals surface area contributed by atoms with Crippen LogP contribution in [0.15, 0.2) is 29.7 Å². The number of pyridine rings is 1. The van der Waals surface area contributed by atoms with Crippen LogP contribution < -0.4 is 5.73 Å². The van der Waals surface area contributed by atoms with Crippen LogP contribution in [0.5, 0.6) is 0 Å². The van der Waals surface area contributed by atoms with E-state index in [1.807, 2.05) is 12.4 Å². The van der Waals surface area contributed by atoms with Crippen LogP contribution >= 0.6 is 0 Å². The summed E-state index contributed by atoms with van der Waals surface area (Å²) in [6.45, 7) is 0. The normalized spacial score (nSPS) is 29.8. The molecule has 7 rings (SSSR count). The lowest BCUT2D eigenvalue weighted by Crippen LogP contribution is -2.49. The standard InChI is InChI=1S/C20H20N6/c21-7-6-19-2-4-20(5-3-19)10-13(19)14(22)9-16-25-15-11-24-18-12(1-8-23-18)17(15)26(16)20/h1,8,11H,2-6,9-10,22H2,(H,23,24). The highest BCUT2D eigenvalue weighted by Gasteiger charge is 2.55. The second-order valence-corrected chi connectivity index (χ2v) is 8.29. The Morgan fingerprint density at radius 2 is 2.15 bits per heavy atom. The number of nitrogens with one attached hydrogen (secondary N) is 1. The molecule has 0 amide bonds. The Labute approximate surface area is 150 Å². The van der Waals surface area contributed by atoms with E-state index in [-0.39, 0.29) is 11.0 Å². The van der Waals surface area contributed by atoms with E-state index in [1.54, 1.807) is 0 Å². The quantitative estimate of drug-likeness (QED) is 0.708. The lowest BCUT2D eigenvalue weighted by atomic mass is 9.53. The molecule has 0 saturated heterocycles. The highest BCUT2D eigenvalue weighted by molar-refractivity contribution is 6.01. The third kappa shape index (κ3) is 1.53. The molecular formula is C20H20N6. The number of nitrogens with zero attached hydrogens (tertiary/aromatic N) is 4. The van der Waals surface area contributed by atoms with Gasteiger partial charge in [-0.1, -0.05) is 0 Å². The second kappa shape index (κ2) is 4.47. The van der Waals surface area contributed by atoms with E-state index < -0.39 is 0 Å². The number of rotatable bonds is 1. The topological polar surface area (TPSA) is 96.3 Å². The Morgan fingerprint density at radius 1 is 1.31 bits per heavy atom. The fourth-order valence-corrected chi connectivity index (χ4v) is 5.91. The van der Waals surface area contributed by atoms with Gasteiger partial charge >= 0.3 is 0 Å². The van der Waals surface area contributed by atoms with Crippen molar-refractivity contribution < 1.29 is 0 Å². The molecule has 6 heteroatoms. The van der Waals surface area contributed by atoms with Crippen molar-refractivity contribution in [1.29, 1.82) is 5.26 Å². The molecule has 6 nitrogen and oxygen atoms in total. The average molecular weight is 344 g/mol. The summed E-state index contributed by atoms with van der Waals surface area (Å²) < 4.78 is 2.50. The summed E-state index contributed by atoms with van der Waals surface area (Å²) in [6, 6.07) is 4.54. The molecular weight excluding hydrogens is 324 g/mol. The fraction of sp³-hybridized carbons (Fsp3) is 0.450. The molecule has 1 spiro atoms. The van der Waals surface area contributed by atoms with Crippen LogP contribution in [0, 0.1) is 16.7 Å². The van der Waals surface area contributed by atoms with Gasteiger partial charge in [0.1, 0.15) is 17.0 Å². The summed E-state index contributed by atoms with van der Waals surface area (Å²) in [6.07, 6.45) is 10.3. The van der Waals surface area contributed by atoms with E-state index in [1.165, 1.54) is 11.1 Å². The van der Waals surface area contributed by atoms with E-state index in [0.29, 0.717) is 12.8 Å². The third-order valence-electron chi connectivity index (χ3n) is 7.18. The number of allylic oxidation sites excluding steroid dienone is 2. The minimum atomic E-state index is 0.00534. The molecule has 130 valence electrons. The van der Waals surface area contributed by atoms with Gasteiger partial charge in [0.2, 0.25) is 0 Å². The lowest BCUT2D eigenvalue weighted by molar-refractivity contribution is 0.0587. The van der Waals surface area contributed by atoms with E-state index >= 15 is 0 Å². The Morgan fingerprint density at radius 3 is 2.96 bits per heavy atom. The van der Waals surface area contributed by atoms with Crippen LogP contribution in [-0.4, -0.2) is 19.5 Å². The molecule has 3 fully saturated rings. The third-order valence-corrected chi connectivity index (χ3v) is 7.18. The maximum Gasteiger partial charge on any atom is 0.139 e. The highest BCUT2D eigenvalue weighted by Crippen LogP contribution is 2.62. The first-order valence-electron chi connectivity index (χ1n) is 9.35. The number of hydrogen-bond donors (Lipinski definition) is 2. The number of aromatic amines is 1. The van der Waals surface area contributed by atoms with Crippen molar-refractivity contribution in [3.8, 4) is 6.07 Å². The molecule has 4 aliphatic rings. The molecule has 0 aromatic carbocycles. The zero-order valence-electron chi connectivity index (χ0n) is 14.5. The largest absolute Gasteiger partial charge is 0.402 e. The Bertz CT molecular complexity index is 1150. The minimum absolute atomic E-state index is 0.00534. The Kier molecular flexibility index (Phi) is 2.47. The Hall–Kier alpha value is -2.81. The number of aromatic nitrogens is 4. The smallest absolute Gasteiger partial charge is 0.139 e. The zero-order valence-corrected chi connectivity index (χ0v) is 14.5. The lowest BCUT2D eigenvalue weighted by Gasteiger charge is -2.54. The first kappa shape index (κ1) is 14.4. The van der Waals surface area contributed by atoms with Crippen molar-refractivity contribution in [3.63, 3.8) is 0 Å². The number of H-pyrrole nitrogens is 1. The van der Waals surface area contributed by atoms with Crippen molar-refractivity contribution in [1.82, 2.24) is 19.5 Å². The van der Waals surface area contributed by atoms with Crippen molar-refractivity contribution in [2.24, 2.45) is 11.1 Å². The number of imidazole rings is 1. The van der Waals surface area contributed by atoms with Crippen molar-refractivity contribution in [2.75, 3.05) is 0 Å². The molecule has 26 heavy (non-hydrogen) atoms. The van der Waals surface area contributed by atoms with Crippen LogP contribution in [0.1, 0.15) is 44.3 Å². The van der Waals surface area contributed by atoms with Gasteiger partial charge in [-0.3, -0.25) is 0 Å². The van der Waals surface area contributed by atoms with Crippen LogP contribution in [0.3, 0.4) is 0 Å². The molecule has 1 aliphatic heterocycles. The van der Waals surface area contributed by atoms with E-state index in [2.05, 4.69) is 26.7 Å². The number of hydrogen-bond acceptors (Lipinski definition) is 4. The van der Waals surface area contributed by atoms with Crippen LogP contribution in [0.25, 0.3) is 22.1 Å². The van der Waals surface area contributed by atoms with Gasteiger partial charge in [0.15, 0.2) is 0 Å². The predicted octanol–water partition coefficient (Wildman–Crippen LogP) is 3.25. The first-order chi connectivity index (χ1) is 12.7. The van der Waals surface area contributed by atoms with Gasteiger partial charge in [0.05, 0.1) is 23.3 Å². The number of fused-ring (bicyclic) bond motifs is 7. The molecule has 0 radical (unpaired) electrons. The molecule has 4 heterocycles. The van der Waals surface area contributed by atoms with Gasteiger partial charge in [0.25, 0.3) is 0 Å². The van der Waals surface area contributed by atoms with Gasteiger partial charge < -0.3 is 15.3 Å². The van der Waals surface area contributed by atoms with E-state index in [9.17, 15) is 5.26 Å². The van der Waals surface area contributed by atoms with Gasteiger partial charge in [-0.05, 0) is 43.7 Å². The van der Waals surface area contributed by atoms with E-state index in [4.69, 9.17) is 10.7 Å². The molecule has 3 aromatic heterocycles. The van der Waals surface area contributed by atoms with Crippen molar-refractivity contribution >= 4 is 22.1 Å². The average Bonchev–Trinajstić information content (AvgIpc) is 3.24. The molecule has 3 aromatic rings. The Balaban J connectivity index is 1.68. The zero-order chi connectivity index (χ0) is 17.5. The summed E-state index contributed by atoms with van der Waals surface area (Å²) in [4.78, 5) is 12.7. The molecule has 3 aliphatic carbocycles. The summed E-state index contributed by atoms with van der Waals surface area (Å²) in [5, 5.41) is 10.5. The molecule has 3 saturated carbocycles. The van der Waals surface area contributed by atoms with Crippen molar-refractivity contribution in [2.45, 2.75) is 50.5 Å². The highest BCUT2D eigenvalue weighted by atomic mass is 15.2. The van der Waals surface area contributed by atoms with Gasteiger partial charge in [-0.2, -0.15) is 5.26 Å². The summed E-state index contributed by atoms with van der Waals surface area (Å²) in [7, 11) is 0. The van der Waals surface area contributed by atoms with Crippen LogP contribution in [0.4, 0.5) is 0 Å². The summed E-state index contributed by atoms with van der Waals surface area (Å²) in [5.41, 5.74) is 12.0. The van der Waals surface area contributed by atoms with Crippen LogP contribution in [0.2, 0.25) is 0 Å². The molecule has 0 atom stereocenters. The first-order valence-corrected chi connectivity index (χ1v) is 9.35. The number of nitriles is 1. The second-order valence-electron chi connectivity index (χ2n) is 8.29. The summed E-state index contributed by atoms with van der Waals surface area (Å²) >= 11 is 0. The predicted molar refractivity (Wildman–Crippen MR) is 98.0 cm³/mol. The summed E-state index contributed by atoms with van der Waals surface area (Å²) in [5.74, 6) is 1.05. The fourth-order valence-electron chi connectivity index (χ4n) is 5.91. The van der Waals surface area contributed by atoms with Gasteiger partial charge in [0, 0.05) is 35.5 Å².